The quantitative estimate of drug-likeness (QED) is 0.787. The predicted octanol–water partition coefficient (Wildman–Crippen LogP) is 3.77. The zero-order valence-electron chi connectivity index (χ0n) is 11.6. The van der Waals surface area contributed by atoms with Gasteiger partial charge in [-0.25, -0.2) is 9.17 Å². The zero-order chi connectivity index (χ0) is 16.5. The van der Waals surface area contributed by atoms with Crippen LogP contribution < -0.4 is 0 Å². The summed E-state index contributed by atoms with van der Waals surface area (Å²) in [6.45, 7) is 3.25. The van der Waals surface area contributed by atoms with Gasteiger partial charge in [-0.05, 0) is 26.0 Å². The number of nitrogens with zero attached hydrogens (tertiary/aromatic N) is 1. The first-order chi connectivity index (χ1) is 10.1. The number of hydrogen-bond acceptors (Lipinski definition) is 5. The second-order valence-electron chi connectivity index (χ2n) is 4.61. The lowest BCUT2D eigenvalue weighted by molar-refractivity contribution is -0.196. The summed E-state index contributed by atoms with van der Waals surface area (Å²) >= 11 is 0.702. The average Bonchev–Trinajstić information content (AvgIpc) is 2.81. The molecule has 0 spiro atoms. The summed E-state index contributed by atoms with van der Waals surface area (Å²) in [6, 6.07) is 5.36. The van der Waals surface area contributed by atoms with Gasteiger partial charge >= 0.3 is 6.18 Å². The van der Waals surface area contributed by atoms with E-state index in [-0.39, 0.29) is 4.90 Å². The topological polar surface area (TPSA) is 56.3 Å². The molecule has 2 rings (SSSR count). The Balaban J connectivity index is 2.36. The van der Waals surface area contributed by atoms with Crippen molar-refractivity contribution in [2.45, 2.75) is 31.0 Å². The summed E-state index contributed by atoms with van der Waals surface area (Å²) in [5, 5.41) is 0.955. The van der Waals surface area contributed by atoms with Crippen molar-refractivity contribution in [1.29, 1.82) is 0 Å². The third kappa shape index (κ3) is 3.84. The van der Waals surface area contributed by atoms with Gasteiger partial charge in [-0.15, -0.1) is 11.3 Å². The summed E-state index contributed by atoms with van der Waals surface area (Å²) in [5.74, 6) is 0. The van der Waals surface area contributed by atoms with E-state index in [1.807, 2.05) is 0 Å². The van der Waals surface area contributed by atoms with Crippen LogP contribution in [0.4, 0.5) is 13.2 Å². The Morgan fingerprint density at radius 2 is 1.77 bits per heavy atom. The van der Waals surface area contributed by atoms with Crippen LogP contribution in [0.2, 0.25) is 0 Å². The molecule has 2 aromatic rings. The van der Waals surface area contributed by atoms with E-state index in [1.54, 1.807) is 6.92 Å². The number of halogens is 3. The van der Waals surface area contributed by atoms with Crippen molar-refractivity contribution >= 4 is 21.5 Å². The van der Waals surface area contributed by atoms with Gasteiger partial charge in [0.05, 0.1) is 4.90 Å². The highest BCUT2D eigenvalue weighted by Crippen LogP contribution is 2.39. The largest absolute Gasteiger partial charge is 0.422 e. The van der Waals surface area contributed by atoms with E-state index in [4.69, 9.17) is 0 Å². The van der Waals surface area contributed by atoms with Gasteiger partial charge in [0.25, 0.3) is 10.1 Å². The first-order valence-electron chi connectivity index (χ1n) is 6.08. The highest BCUT2D eigenvalue weighted by molar-refractivity contribution is 7.86. The molecule has 0 N–H and O–H groups in total. The fourth-order valence-electron chi connectivity index (χ4n) is 1.62. The number of alkyl halides is 3. The Bertz CT molecular complexity index is 752. The minimum atomic E-state index is -4.89. The van der Waals surface area contributed by atoms with Crippen molar-refractivity contribution in [3.05, 3.63) is 45.9 Å². The molecule has 1 heterocycles. The molecule has 0 aliphatic heterocycles. The highest BCUT2D eigenvalue weighted by atomic mass is 32.2. The predicted molar refractivity (Wildman–Crippen MR) is 75.1 cm³/mol. The molecule has 4 nitrogen and oxygen atoms in total. The maximum atomic E-state index is 13.1. The number of hydrogen-bond donors (Lipinski definition) is 0. The van der Waals surface area contributed by atoms with E-state index in [0.717, 1.165) is 5.56 Å². The van der Waals surface area contributed by atoms with E-state index in [9.17, 15) is 21.6 Å². The van der Waals surface area contributed by atoms with Gasteiger partial charge < -0.3 is 0 Å². The Morgan fingerprint density at radius 1 is 1.18 bits per heavy atom. The molecule has 0 saturated carbocycles. The van der Waals surface area contributed by atoms with Crippen LogP contribution in [0.25, 0.3) is 0 Å². The molecular weight excluding hydrogens is 339 g/mol. The number of aryl methyl sites for hydroxylation is 2. The molecular formula is C13H12F3NO3S2. The lowest BCUT2D eigenvalue weighted by atomic mass is 10.2. The van der Waals surface area contributed by atoms with Crippen LogP contribution in [0.15, 0.2) is 34.5 Å². The zero-order valence-corrected chi connectivity index (χ0v) is 13.2. The van der Waals surface area contributed by atoms with Crippen LogP contribution in [-0.4, -0.2) is 19.6 Å². The second-order valence-corrected chi connectivity index (χ2v) is 7.07. The van der Waals surface area contributed by atoms with Gasteiger partial charge in [-0.1, -0.05) is 17.7 Å². The number of rotatable bonds is 4. The van der Waals surface area contributed by atoms with Gasteiger partial charge in [0.15, 0.2) is 0 Å². The van der Waals surface area contributed by atoms with E-state index in [2.05, 4.69) is 9.17 Å². The molecule has 0 amide bonds. The van der Waals surface area contributed by atoms with E-state index < -0.39 is 27.4 Å². The van der Waals surface area contributed by atoms with Crippen molar-refractivity contribution in [2.75, 3.05) is 0 Å². The molecule has 1 atom stereocenters. The van der Waals surface area contributed by atoms with Gasteiger partial charge in [-0.2, -0.15) is 21.6 Å². The van der Waals surface area contributed by atoms with E-state index in [1.165, 1.54) is 36.6 Å². The van der Waals surface area contributed by atoms with Crippen molar-refractivity contribution in [1.82, 2.24) is 4.98 Å². The number of thiazole rings is 1. The fraction of sp³-hybridized carbons (Fsp3) is 0.308. The molecule has 9 heteroatoms. The molecule has 0 aliphatic rings. The Kier molecular flexibility index (Phi) is 4.59. The minimum Gasteiger partial charge on any atom is -0.246 e. The molecule has 1 aromatic carbocycles. The Morgan fingerprint density at radius 3 is 2.23 bits per heavy atom. The lowest BCUT2D eigenvalue weighted by Crippen LogP contribution is -2.26. The fourth-order valence-corrected chi connectivity index (χ4v) is 3.56. The molecule has 0 saturated heterocycles. The smallest absolute Gasteiger partial charge is 0.246 e. The molecule has 0 bridgehead atoms. The number of benzene rings is 1. The van der Waals surface area contributed by atoms with Gasteiger partial charge in [0.1, 0.15) is 5.01 Å². The van der Waals surface area contributed by atoms with Crippen LogP contribution in [0.1, 0.15) is 22.4 Å². The first kappa shape index (κ1) is 16.9. The van der Waals surface area contributed by atoms with Crippen LogP contribution in [0.5, 0.6) is 0 Å². The van der Waals surface area contributed by atoms with Crippen LogP contribution in [-0.2, 0) is 14.3 Å². The number of aromatic nitrogens is 1. The van der Waals surface area contributed by atoms with E-state index >= 15 is 0 Å². The van der Waals surface area contributed by atoms with Crippen LogP contribution in [0.3, 0.4) is 0 Å². The SMILES string of the molecule is Cc1ccc(S(=O)(=O)O[C@H](c2nc(C)cs2)C(F)(F)F)cc1. The molecule has 0 radical (unpaired) electrons. The normalized spacial score (nSPS) is 14.0. The molecule has 0 unspecified atom stereocenters. The maximum absolute atomic E-state index is 13.1. The molecule has 1 aromatic heterocycles. The van der Waals surface area contributed by atoms with Gasteiger partial charge in [-0.3, -0.25) is 0 Å². The third-order valence-corrected chi connectivity index (χ3v) is 4.99. The second kappa shape index (κ2) is 5.98. The monoisotopic (exact) mass is 351 g/mol. The average molecular weight is 351 g/mol. The first-order valence-corrected chi connectivity index (χ1v) is 8.37. The van der Waals surface area contributed by atoms with E-state index in [0.29, 0.717) is 17.0 Å². The summed E-state index contributed by atoms with van der Waals surface area (Å²) in [4.78, 5) is 3.35. The maximum Gasteiger partial charge on any atom is 0.422 e. The van der Waals surface area contributed by atoms with Gasteiger partial charge in [0.2, 0.25) is 6.10 Å². The van der Waals surface area contributed by atoms with Crippen molar-refractivity contribution in [3.63, 3.8) is 0 Å². The molecule has 0 fully saturated rings. The standard InChI is InChI=1S/C13H12F3NO3S2/c1-8-3-5-10(6-4-8)22(18,19)20-11(13(14,15)16)12-17-9(2)7-21-12/h3-7,11H,1-2H3/t11-/m1/s1. The summed E-state index contributed by atoms with van der Waals surface area (Å²) in [5.41, 5.74) is 1.15. The molecule has 120 valence electrons. The Labute approximate surface area is 129 Å². The van der Waals surface area contributed by atoms with Gasteiger partial charge in [0, 0.05) is 11.1 Å². The van der Waals surface area contributed by atoms with Crippen molar-refractivity contribution in [3.8, 4) is 0 Å². The van der Waals surface area contributed by atoms with Crippen molar-refractivity contribution in [2.24, 2.45) is 0 Å². The summed E-state index contributed by atoms with van der Waals surface area (Å²) in [7, 11) is -4.55. The van der Waals surface area contributed by atoms with Crippen LogP contribution >= 0.6 is 11.3 Å². The van der Waals surface area contributed by atoms with Crippen LogP contribution in [0, 0.1) is 13.8 Å². The van der Waals surface area contributed by atoms with Crippen molar-refractivity contribution < 1.29 is 25.8 Å². The molecule has 22 heavy (non-hydrogen) atoms. The Hall–Kier alpha value is -1.45. The highest BCUT2D eigenvalue weighted by Gasteiger charge is 2.47. The lowest BCUT2D eigenvalue weighted by Gasteiger charge is -2.18. The minimum absolute atomic E-state index is 0.333. The molecule has 0 aliphatic carbocycles. The summed E-state index contributed by atoms with van der Waals surface area (Å²) in [6.07, 6.45) is -7.50. The third-order valence-electron chi connectivity index (χ3n) is 2.69. The summed E-state index contributed by atoms with van der Waals surface area (Å²) < 4.78 is 67.8.